The van der Waals surface area contributed by atoms with Crippen molar-refractivity contribution >= 4 is 28.1 Å². The van der Waals surface area contributed by atoms with E-state index in [4.69, 9.17) is 5.73 Å². The highest BCUT2D eigenvalue weighted by atomic mass is 32.2. The summed E-state index contributed by atoms with van der Waals surface area (Å²) in [5.41, 5.74) is 7.13. The third-order valence-corrected chi connectivity index (χ3v) is 4.72. The lowest BCUT2D eigenvalue weighted by molar-refractivity contribution is -0.141. The molecule has 2 amide bonds. The van der Waals surface area contributed by atoms with E-state index >= 15 is 0 Å². The SMILES string of the molecule is CC(=O)OS(=O)(=O)N1CC(NC(=O)Cc2ccccc2CN)C1=O. The summed E-state index contributed by atoms with van der Waals surface area (Å²) in [6.07, 6.45) is 0.0217. The molecule has 0 aliphatic carbocycles. The topological polar surface area (TPSA) is 136 Å². The van der Waals surface area contributed by atoms with Crippen LogP contribution in [-0.4, -0.2) is 43.1 Å². The highest BCUT2D eigenvalue weighted by Crippen LogP contribution is 2.17. The van der Waals surface area contributed by atoms with Gasteiger partial charge in [-0.1, -0.05) is 24.3 Å². The van der Waals surface area contributed by atoms with E-state index in [0.29, 0.717) is 4.31 Å². The van der Waals surface area contributed by atoms with Gasteiger partial charge in [0.25, 0.3) is 5.91 Å². The molecule has 1 aromatic rings. The monoisotopic (exact) mass is 355 g/mol. The van der Waals surface area contributed by atoms with Crippen LogP contribution in [0.4, 0.5) is 0 Å². The van der Waals surface area contributed by atoms with Gasteiger partial charge in [0.15, 0.2) is 0 Å². The zero-order valence-corrected chi connectivity index (χ0v) is 13.7. The molecule has 9 nitrogen and oxygen atoms in total. The number of hydrogen-bond donors (Lipinski definition) is 2. The van der Waals surface area contributed by atoms with E-state index in [1.165, 1.54) is 0 Å². The van der Waals surface area contributed by atoms with Crippen LogP contribution in [0.25, 0.3) is 0 Å². The number of β-lactam (4-membered cyclic amide) rings is 1. The van der Waals surface area contributed by atoms with Crippen LogP contribution in [0, 0.1) is 0 Å². The summed E-state index contributed by atoms with van der Waals surface area (Å²) in [6, 6.07) is 6.15. The Morgan fingerprint density at radius 3 is 2.50 bits per heavy atom. The molecule has 1 unspecified atom stereocenters. The Labute approximate surface area is 139 Å². The molecule has 10 heteroatoms. The molecule has 130 valence electrons. The molecule has 0 radical (unpaired) electrons. The number of nitrogens with one attached hydrogen (secondary N) is 1. The van der Waals surface area contributed by atoms with Gasteiger partial charge in [-0.2, -0.15) is 8.42 Å². The van der Waals surface area contributed by atoms with Crippen molar-refractivity contribution in [3.8, 4) is 0 Å². The lowest BCUT2D eigenvalue weighted by Gasteiger charge is -2.36. The zero-order chi connectivity index (χ0) is 17.9. The molecule has 3 N–H and O–H groups in total. The predicted molar refractivity (Wildman–Crippen MR) is 82.4 cm³/mol. The summed E-state index contributed by atoms with van der Waals surface area (Å²) in [4.78, 5) is 34.5. The maximum absolute atomic E-state index is 12.0. The second kappa shape index (κ2) is 6.97. The van der Waals surface area contributed by atoms with Gasteiger partial charge in [0.05, 0.1) is 13.0 Å². The average Bonchev–Trinajstić information content (AvgIpc) is 2.49. The third kappa shape index (κ3) is 3.89. The number of benzene rings is 1. The number of nitrogens with two attached hydrogens (primary N) is 1. The van der Waals surface area contributed by atoms with Gasteiger partial charge in [0.2, 0.25) is 5.91 Å². The second-order valence-corrected chi connectivity index (χ2v) is 6.63. The molecule has 1 fully saturated rings. The minimum Gasteiger partial charge on any atom is -0.342 e. The van der Waals surface area contributed by atoms with E-state index in [0.717, 1.165) is 18.1 Å². The Morgan fingerprint density at radius 2 is 1.96 bits per heavy atom. The lowest BCUT2D eigenvalue weighted by Crippen LogP contribution is -2.65. The molecule has 1 aliphatic rings. The summed E-state index contributed by atoms with van der Waals surface area (Å²) in [5, 5.41) is 2.45. The van der Waals surface area contributed by atoms with Gasteiger partial charge in [-0.25, -0.2) is 4.31 Å². The van der Waals surface area contributed by atoms with Crippen LogP contribution in [0.15, 0.2) is 24.3 Å². The van der Waals surface area contributed by atoms with Crippen molar-refractivity contribution in [1.29, 1.82) is 0 Å². The number of amides is 2. The van der Waals surface area contributed by atoms with Crippen LogP contribution in [-0.2, 0) is 41.8 Å². The van der Waals surface area contributed by atoms with E-state index in [1.807, 2.05) is 0 Å². The van der Waals surface area contributed by atoms with E-state index < -0.39 is 34.1 Å². The average molecular weight is 355 g/mol. The van der Waals surface area contributed by atoms with Crippen molar-refractivity contribution in [1.82, 2.24) is 9.62 Å². The Balaban J connectivity index is 1.93. The van der Waals surface area contributed by atoms with Gasteiger partial charge in [0.1, 0.15) is 6.04 Å². The largest absolute Gasteiger partial charge is 0.414 e. The minimum atomic E-state index is -4.44. The van der Waals surface area contributed by atoms with Crippen LogP contribution in [0.2, 0.25) is 0 Å². The fourth-order valence-electron chi connectivity index (χ4n) is 2.24. The van der Waals surface area contributed by atoms with Crippen molar-refractivity contribution in [3.05, 3.63) is 35.4 Å². The zero-order valence-electron chi connectivity index (χ0n) is 12.9. The molecular weight excluding hydrogens is 338 g/mol. The number of carbonyl (C=O) groups excluding carboxylic acids is 3. The smallest absolute Gasteiger partial charge is 0.342 e. The summed E-state index contributed by atoms with van der Waals surface area (Å²) < 4.78 is 27.6. The van der Waals surface area contributed by atoms with Crippen LogP contribution < -0.4 is 11.1 Å². The number of nitrogens with zero attached hydrogens (tertiary/aromatic N) is 1. The standard InChI is InChI=1S/C14H17N3O6S/c1-9(18)23-24(21,22)17-8-12(14(17)20)16-13(19)6-10-4-2-3-5-11(10)7-15/h2-5,12H,6-8,15H2,1H3,(H,16,19). The summed E-state index contributed by atoms with van der Waals surface area (Å²) in [7, 11) is -4.44. The molecule has 2 rings (SSSR count). The molecule has 24 heavy (non-hydrogen) atoms. The first-order valence-electron chi connectivity index (χ1n) is 7.07. The van der Waals surface area contributed by atoms with Crippen molar-refractivity contribution in [3.63, 3.8) is 0 Å². The first-order chi connectivity index (χ1) is 11.2. The molecule has 1 heterocycles. The Bertz CT molecular complexity index is 776. The molecule has 0 aromatic heterocycles. The Morgan fingerprint density at radius 1 is 1.33 bits per heavy atom. The molecule has 1 saturated heterocycles. The highest BCUT2D eigenvalue weighted by Gasteiger charge is 2.46. The maximum atomic E-state index is 12.0. The Kier molecular flexibility index (Phi) is 5.20. The van der Waals surface area contributed by atoms with Gasteiger partial charge in [0, 0.05) is 13.5 Å². The molecule has 1 aromatic carbocycles. The van der Waals surface area contributed by atoms with Gasteiger partial charge < -0.3 is 15.2 Å². The minimum absolute atomic E-state index is 0.0217. The van der Waals surface area contributed by atoms with Crippen molar-refractivity contribution in [2.24, 2.45) is 5.73 Å². The molecular formula is C14H17N3O6S. The fraction of sp³-hybridized carbons (Fsp3) is 0.357. The fourth-order valence-corrected chi connectivity index (χ4v) is 3.31. The predicted octanol–water partition coefficient (Wildman–Crippen LogP) is -1.18. The Hall–Kier alpha value is -2.46. The van der Waals surface area contributed by atoms with Gasteiger partial charge >= 0.3 is 16.3 Å². The van der Waals surface area contributed by atoms with Crippen LogP contribution in [0.5, 0.6) is 0 Å². The summed E-state index contributed by atoms with van der Waals surface area (Å²) >= 11 is 0. The molecule has 0 bridgehead atoms. The van der Waals surface area contributed by atoms with Crippen molar-refractivity contribution < 1.29 is 27.0 Å². The van der Waals surface area contributed by atoms with E-state index in [9.17, 15) is 22.8 Å². The molecule has 1 aliphatic heterocycles. The normalized spacial score (nSPS) is 17.2. The number of hydrogen-bond acceptors (Lipinski definition) is 7. The van der Waals surface area contributed by atoms with Gasteiger partial charge in [-0.15, -0.1) is 0 Å². The number of rotatable bonds is 6. The maximum Gasteiger partial charge on any atom is 0.414 e. The van der Waals surface area contributed by atoms with E-state index in [1.54, 1.807) is 24.3 Å². The van der Waals surface area contributed by atoms with E-state index in [-0.39, 0.29) is 19.5 Å². The first kappa shape index (κ1) is 17.9. The molecule has 0 spiro atoms. The van der Waals surface area contributed by atoms with Crippen LogP contribution in [0.3, 0.4) is 0 Å². The van der Waals surface area contributed by atoms with E-state index in [2.05, 4.69) is 9.50 Å². The number of carbonyl (C=O) groups is 3. The second-order valence-electron chi connectivity index (χ2n) is 5.17. The molecule has 1 atom stereocenters. The van der Waals surface area contributed by atoms with Crippen molar-refractivity contribution in [2.45, 2.75) is 25.9 Å². The molecule has 0 saturated carbocycles. The van der Waals surface area contributed by atoms with Gasteiger partial charge in [-0.05, 0) is 11.1 Å². The lowest BCUT2D eigenvalue weighted by atomic mass is 10.0. The highest BCUT2D eigenvalue weighted by molar-refractivity contribution is 7.85. The first-order valence-corrected chi connectivity index (χ1v) is 8.44. The summed E-state index contributed by atoms with van der Waals surface area (Å²) in [6.45, 7) is 0.912. The third-order valence-electron chi connectivity index (χ3n) is 3.41. The van der Waals surface area contributed by atoms with Crippen molar-refractivity contribution in [2.75, 3.05) is 6.54 Å². The van der Waals surface area contributed by atoms with Crippen LogP contribution >= 0.6 is 0 Å². The summed E-state index contributed by atoms with van der Waals surface area (Å²) in [5.74, 6) is -2.33. The quantitative estimate of drug-likeness (QED) is 0.613. The van der Waals surface area contributed by atoms with Crippen LogP contribution in [0.1, 0.15) is 18.1 Å². The van der Waals surface area contributed by atoms with Gasteiger partial charge in [-0.3, -0.25) is 14.4 Å².